The van der Waals surface area contributed by atoms with Gasteiger partial charge in [0, 0.05) is 37.0 Å². The Morgan fingerprint density at radius 1 is 1.32 bits per heavy atom. The third-order valence-corrected chi connectivity index (χ3v) is 7.11. The molecular weight excluding hydrogens is 437 g/mol. The molecule has 1 aliphatic heterocycles. The SMILES string of the molecule is Cc1nn(-c2nc(N3CCNCC3)c(SC(C)C)s2)c(C(=O)O)c1-c1cccc(F)c1. The van der Waals surface area contributed by atoms with Crippen LogP contribution >= 0.6 is 23.1 Å². The number of rotatable bonds is 6. The summed E-state index contributed by atoms with van der Waals surface area (Å²) in [6.45, 7) is 9.41. The zero-order valence-corrected chi connectivity index (χ0v) is 19.2. The number of benzene rings is 1. The molecule has 0 saturated carbocycles. The first-order valence-corrected chi connectivity index (χ1v) is 11.8. The highest BCUT2D eigenvalue weighted by atomic mass is 32.2. The summed E-state index contributed by atoms with van der Waals surface area (Å²) >= 11 is 3.15. The molecule has 0 bridgehead atoms. The summed E-state index contributed by atoms with van der Waals surface area (Å²) < 4.78 is 16.3. The molecule has 3 heterocycles. The number of halogens is 1. The van der Waals surface area contributed by atoms with Gasteiger partial charge in [-0.25, -0.2) is 9.18 Å². The summed E-state index contributed by atoms with van der Waals surface area (Å²) in [4.78, 5) is 19.3. The summed E-state index contributed by atoms with van der Waals surface area (Å²) in [5, 5.41) is 18.7. The Kier molecular flexibility index (Phi) is 6.31. The van der Waals surface area contributed by atoms with Crippen LogP contribution in [0.5, 0.6) is 0 Å². The molecule has 0 spiro atoms. The van der Waals surface area contributed by atoms with Crippen LogP contribution in [-0.2, 0) is 0 Å². The number of thiazole rings is 1. The van der Waals surface area contributed by atoms with Gasteiger partial charge in [0.25, 0.3) is 0 Å². The van der Waals surface area contributed by atoms with Crippen LogP contribution in [0.15, 0.2) is 28.5 Å². The molecule has 1 aromatic carbocycles. The summed E-state index contributed by atoms with van der Waals surface area (Å²) in [5.41, 5.74) is 1.39. The molecule has 2 N–H and O–H groups in total. The lowest BCUT2D eigenvalue weighted by Gasteiger charge is -2.28. The molecule has 164 valence electrons. The lowest BCUT2D eigenvalue weighted by Crippen LogP contribution is -2.43. The quantitative estimate of drug-likeness (QED) is 0.536. The number of aromatic nitrogens is 3. The summed E-state index contributed by atoms with van der Waals surface area (Å²) in [6, 6.07) is 5.92. The Morgan fingerprint density at radius 3 is 2.71 bits per heavy atom. The van der Waals surface area contributed by atoms with Gasteiger partial charge in [-0.1, -0.05) is 37.3 Å². The van der Waals surface area contributed by atoms with E-state index in [4.69, 9.17) is 4.98 Å². The number of carbonyl (C=O) groups is 1. The van der Waals surface area contributed by atoms with Crippen LogP contribution in [-0.4, -0.2) is 57.3 Å². The molecule has 0 amide bonds. The fraction of sp³-hybridized carbons (Fsp3) is 0.381. The number of thioether (sulfide) groups is 1. The largest absolute Gasteiger partial charge is 0.476 e. The molecule has 0 aliphatic carbocycles. The van der Waals surface area contributed by atoms with Crippen LogP contribution in [0.25, 0.3) is 16.3 Å². The Morgan fingerprint density at radius 2 is 2.06 bits per heavy atom. The monoisotopic (exact) mass is 461 g/mol. The normalized spacial score (nSPS) is 14.4. The Labute approximate surface area is 188 Å². The van der Waals surface area contributed by atoms with Gasteiger partial charge in [0.1, 0.15) is 10.0 Å². The minimum absolute atomic E-state index is 0.00944. The van der Waals surface area contributed by atoms with E-state index in [0.29, 0.717) is 27.2 Å². The maximum Gasteiger partial charge on any atom is 0.355 e. The van der Waals surface area contributed by atoms with Gasteiger partial charge >= 0.3 is 5.97 Å². The molecule has 0 radical (unpaired) electrons. The number of anilines is 1. The molecule has 1 aliphatic rings. The van der Waals surface area contributed by atoms with Gasteiger partial charge < -0.3 is 15.3 Å². The number of carboxylic acid groups (broad SMARTS) is 1. The molecule has 3 aromatic rings. The van der Waals surface area contributed by atoms with Crippen LogP contribution < -0.4 is 10.2 Å². The predicted octanol–water partition coefficient (Wildman–Crippen LogP) is 4.05. The number of hydrogen-bond donors (Lipinski definition) is 2. The van der Waals surface area contributed by atoms with Crippen molar-refractivity contribution in [1.29, 1.82) is 0 Å². The molecule has 31 heavy (non-hydrogen) atoms. The number of nitrogens with zero attached hydrogens (tertiary/aromatic N) is 4. The number of aryl methyl sites for hydroxylation is 1. The van der Waals surface area contributed by atoms with E-state index >= 15 is 0 Å². The third kappa shape index (κ3) is 4.46. The van der Waals surface area contributed by atoms with Crippen LogP contribution in [0.2, 0.25) is 0 Å². The number of hydrogen-bond acceptors (Lipinski definition) is 7. The van der Waals surface area contributed by atoms with Gasteiger partial charge in [-0.05, 0) is 24.6 Å². The van der Waals surface area contributed by atoms with Crippen molar-refractivity contribution in [2.45, 2.75) is 30.2 Å². The fourth-order valence-electron chi connectivity index (χ4n) is 3.60. The Hall–Kier alpha value is -2.43. The highest BCUT2D eigenvalue weighted by Gasteiger charge is 2.28. The van der Waals surface area contributed by atoms with Crippen LogP contribution in [0, 0.1) is 12.7 Å². The molecule has 7 nitrogen and oxygen atoms in total. The van der Waals surface area contributed by atoms with E-state index in [0.717, 1.165) is 36.2 Å². The van der Waals surface area contributed by atoms with E-state index in [-0.39, 0.29) is 5.69 Å². The predicted molar refractivity (Wildman–Crippen MR) is 122 cm³/mol. The molecule has 10 heteroatoms. The molecule has 4 rings (SSSR count). The van der Waals surface area contributed by atoms with Crippen LogP contribution in [0.4, 0.5) is 10.2 Å². The van der Waals surface area contributed by atoms with Crippen LogP contribution in [0.1, 0.15) is 30.0 Å². The van der Waals surface area contributed by atoms with Crippen molar-refractivity contribution in [3.63, 3.8) is 0 Å². The fourth-order valence-corrected chi connectivity index (χ4v) is 6.08. The number of piperazine rings is 1. The van der Waals surface area contributed by atoms with Crippen molar-refractivity contribution in [2.75, 3.05) is 31.1 Å². The summed E-state index contributed by atoms with van der Waals surface area (Å²) in [5.74, 6) is -0.680. The molecule has 1 saturated heterocycles. The van der Waals surface area contributed by atoms with E-state index < -0.39 is 11.8 Å². The molecule has 0 unspecified atom stereocenters. The first-order chi connectivity index (χ1) is 14.8. The average molecular weight is 462 g/mol. The lowest BCUT2D eigenvalue weighted by atomic mass is 10.0. The van der Waals surface area contributed by atoms with Crippen molar-refractivity contribution in [3.05, 3.63) is 41.5 Å². The van der Waals surface area contributed by atoms with E-state index in [1.165, 1.54) is 28.2 Å². The van der Waals surface area contributed by atoms with Gasteiger partial charge in [-0.3, -0.25) is 0 Å². The highest BCUT2D eigenvalue weighted by molar-refractivity contribution is 8.01. The van der Waals surface area contributed by atoms with Gasteiger partial charge in [0.15, 0.2) is 11.5 Å². The van der Waals surface area contributed by atoms with Crippen LogP contribution in [0.3, 0.4) is 0 Å². The second-order valence-corrected chi connectivity index (χ2v) is 10.4. The molecule has 0 atom stereocenters. The minimum Gasteiger partial charge on any atom is -0.476 e. The van der Waals surface area contributed by atoms with E-state index in [2.05, 4.69) is 29.2 Å². The third-order valence-electron chi connectivity index (χ3n) is 4.88. The first kappa shape index (κ1) is 21.8. The number of nitrogens with one attached hydrogen (secondary N) is 1. The smallest absolute Gasteiger partial charge is 0.355 e. The summed E-state index contributed by atoms with van der Waals surface area (Å²) in [6.07, 6.45) is 0. The Balaban J connectivity index is 1.85. The van der Waals surface area contributed by atoms with E-state index in [9.17, 15) is 14.3 Å². The van der Waals surface area contributed by atoms with E-state index in [1.807, 2.05) is 0 Å². The van der Waals surface area contributed by atoms with E-state index in [1.54, 1.807) is 30.8 Å². The summed E-state index contributed by atoms with van der Waals surface area (Å²) in [7, 11) is 0. The average Bonchev–Trinajstić information content (AvgIpc) is 3.29. The standard InChI is InChI=1S/C21H24FN5O2S2/c1-12(2)30-20-18(26-9-7-23-8-10-26)24-21(31-20)27-17(19(28)29)16(13(3)25-27)14-5-4-6-15(22)11-14/h4-6,11-12,23H,7-10H2,1-3H3,(H,28,29). The minimum atomic E-state index is -1.13. The van der Waals surface area contributed by atoms with Gasteiger partial charge in [-0.15, -0.1) is 11.8 Å². The molecule has 2 aromatic heterocycles. The van der Waals surface area contributed by atoms with Gasteiger partial charge in [-0.2, -0.15) is 14.8 Å². The maximum atomic E-state index is 13.8. The zero-order chi connectivity index (χ0) is 22.1. The van der Waals surface area contributed by atoms with Gasteiger partial charge in [0.2, 0.25) is 5.13 Å². The van der Waals surface area contributed by atoms with Crippen molar-refractivity contribution >= 4 is 34.9 Å². The van der Waals surface area contributed by atoms with Gasteiger partial charge in [0.05, 0.1) is 5.69 Å². The maximum absolute atomic E-state index is 13.8. The number of carboxylic acids is 1. The lowest BCUT2D eigenvalue weighted by molar-refractivity contribution is 0.0688. The van der Waals surface area contributed by atoms with Crippen molar-refractivity contribution in [1.82, 2.24) is 20.1 Å². The zero-order valence-electron chi connectivity index (χ0n) is 17.6. The topological polar surface area (TPSA) is 83.3 Å². The molecular formula is C21H24FN5O2S2. The Bertz CT molecular complexity index is 1110. The first-order valence-electron chi connectivity index (χ1n) is 10.1. The number of aromatic carboxylic acids is 1. The molecule has 1 fully saturated rings. The van der Waals surface area contributed by atoms with Crippen molar-refractivity contribution in [2.24, 2.45) is 0 Å². The highest BCUT2D eigenvalue weighted by Crippen LogP contribution is 2.40. The second kappa shape index (κ2) is 8.97. The van der Waals surface area contributed by atoms with Crippen molar-refractivity contribution in [3.8, 4) is 16.3 Å². The second-order valence-electron chi connectivity index (χ2n) is 7.55. The van der Waals surface area contributed by atoms with Crippen molar-refractivity contribution < 1.29 is 14.3 Å².